The van der Waals surface area contributed by atoms with Crippen LogP contribution < -0.4 is 14.8 Å². The fourth-order valence-corrected chi connectivity index (χ4v) is 3.93. The molecule has 2 aromatic carbocycles. The lowest BCUT2D eigenvalue weighted by Gasteiger charge is -2.36. The van der Waals surface area contributed by atoms with Crippen LogP contribution in [0.1, 0.15) is 50.7 Å². The van der Waals surface area contributed by atoms with E-state index in [4.69, 9.17) is 25.5 Å². The Labute approximate surface area is 221 Å². The Morgan fingerprint density at radius 2 is 1.84 bits per heavy atom. The number of carbonyl (C=O) groups excluding carboxylic acids is 2. The Morgan fingerprint density at radius 1 is 1.16 bits per heavy atom. The number of halogens is 1. The second kappa shape index (κ2) is 13.0. The summed E-state index contributed by atoms with van der Waals surface area (Å²) in [4.78, 5) is 39.2. The molecular weight excluding hydrogens is 500 g/mol. The van der Waals surface area contributed by atoms with Gasteiger partial charge in [-0.25, -0.2) is 0 Å². The third kappa shape index (κ3) is 6.17. The number of nitrogens with one attached hydrogen (secondary N) is 1. The summed E-state index contributed by atoms with van der Waals surface area (Å²) < 4.78 is 16.8. The van der Waals surface area contributed by atoms with Crippen molar-refractivity contribution in [3.8, 4) is 11.5 Å². The van der Waals surface area contributed by atoms with Gasteiger partial charge in [0.2, 0.25) is 11.7 Å². The molecule has 1 aliphatic heterocycles. The van der Waals surface area contributed by atoms with Gasteiger partial charge in [0, 0.05) is 17.1 Å². The van der Waals surface area contributed by atoms with Gasteiger partial charge in [-0.1, -0.05) is 57.5 Å². The number of ether oxygens (including phenoxy) is 2. The highest BCUT2D eigenvalue weighted by atomic mass is 35.5. The molecule has 10 heteroatoms. The molecule has 0 radical (unpaired) electrons. The average molecular weight is 533 g/mol. The van der Waals surface area contributed by atoms with Crippen LogP contribution in [0.25, 0.3) is 11.0 Å². The van der Waals surface area contributed by atoms with Crippen LogP contribution in [0.2, 0.25) is 5.02 Å². The van der Waals surface area contributed by atoms with Crippen LogP contribution in [0.4, 0.5) is 0 Å². The molecule has 0 aliphatic carbocycles. The zero-order valence-corrected chi connectivity index (χ0v) is 22.6. The first-order chi connectivity index (χ1) is 17.7. The zero-order chi connectivity index (χ0) is 27.8. The number of aliphatic carboxylic acids is 1. The molecule has 1 unspecified atom stereocenters. The van der Waals surface area contributed by atoms with Crippen molar-refractivity contribution in [2.75, 3.05) is 20.3 Å². The van der Waals surface area contributed by atoms with E-state index in [2.05, 4.69) is 5.32 Å². The van der Waals surface area contributed by atoms with Crippen molar-refractivity contribution in [3.05, 3.63) is 58.8 Å². The number of hydrogen-bond acceptors (Lipinski definition) is 6. The van der Waals surface area contributed by atoms with Crippen LogP contribution in [0, 0.1) is 0 Å². The summed E-state index contributed by atoms with van der Waals surface area (Å²) in [5.74, 6) is -2.12. The first kappa shape index (κ1) is 29.5. The number of carboxylic acids is 1. The lowest BCUT2D eigenvalue weighted by molar-refractivity contribution is -0.142. The number of carboxylic acid groups (broad SMARTS) is 1. The standard InChI is InChI=1S/C23H21ClN2O7.2C2H6/c1-23(22(30)25-10-13-5-3-4-6-16(13)31-2)12-32-19-15-9-14(24)7-8-17(15)33-20(19)21(29)26(23)11-18(27)28;2*1-2/h3-9H,10-12H2,1-2H3,(H,25,30)(H,27,28);2*1-2H3. The Balaban J connectivity index is 0.00000115. The SMILES string of the molecule is CC.CC.COc1ccccc1CNC(=O)C1(C)COc2c(oc3ccc(Cl)cc23)C(=O)N1CC(=O)O. The molecule has 2 N–H and O–H groups in total. The number of benzene rings is 2. The minimum absolute atomic E-state index is 0.107. The third-order valence-electron chi connectivity index (χ3n) is 5.55. The van der Waals surface area contributed by atoms with Crippen molar-refractivity contribution in [1.82, 2.24) is 10.2 Å². The summed E-state index contributed by atoms with van der Waals surface area (Å²) >= 11 is 6.08. The second-order valence-electron chi connectivity index (χ2n) is 7.74. The first-order valence-corrected chi connectivity index (χ1v) is 12.4. The zero-order valence-electron chi connectivity index (χ0n) is 21.9. The molecule has 1 aliphatic rings. The number of hydrogen-bond donors (Lipinski definition) is 2. The van der Waals surface area contributed by atoms with Gasteiger partial charge in [0.15, 0.2) is 11.3 Å². The maximum atomic E-state index is 13.4. The highest BCUT2D eigenvalue weighted by Crippen LogP contribution is 2.39. The van der Waals surface area contributed by atoms with Crippen molar-refractivity contribution in [2.24, 2.45) is 0 Å². The van der Waals surface area contributed by atoms with E-state index in [9.17, 15) is 19.5 Å². The maximum Gasteiger partial charge on any atom is 0.323 e. The van der Waals surface area contributed by atoms with Gasteiger partial charge in [0.25, 0.3) is 5.91 Å². The lowest BCUT2D eigenvalue weighted by Crippen LogP contribution is -2.62. The number of carbonyl (C=O) groups is 3. The van der Waals surface area contributed by atoms with E-state index in [0.29, 0.717) is 21.7 Å². The number of furan rings is 1. The molecule has 2 heterocycles. The summed E-state index contributed by atoms with van der Waals surface area (Å²) in [5, 5.41) is 13.1. The van der Waals surface area contributed by atoms with E-state index in [1.54, 1.807) is 42.5 Å². The summed E-state index contributed by atoms with van der Waals surface area (Å²) in [7, 11) is 1.52. The molecule has 200 valence electrons. The molecule has 9 nitrogen and oxygen atoms in total. The van der Waals surface area contributed by atoms with Crippen LogP contribution in [0.5, 0.6) is 11.5 Å². The minimum atomic E-state index is -1.63. The summed E-state index contributed by atoms with van der Waals surface area (Å²) in [6, 6.07) is 11.9. The van der Waals surface area contributed by atoms with Crippen LogP contribution in [0.3, 0.4) is 0 Å². The highest BCUT2D eigenvalue weighted by molar-refractivity contribution is 6.31. The molecule has 0 fully saturated rings. The first-order valence-electron chi connectivity index (χ1n) is 12.0. The highest BCUT2D eigenvalue weighted by Gasteiger charge is 2.48. The molecule has 0 bridgehead atoms. The Hall–Kier alpha value is -3.72. The van der Waals surface area contributed by atoms with Gasteiger partial charge in [-0.3, -0.25) is 14.4 Å². The average Bonchev–Trinajstić information content (AvgIpc) is 3.23. The molecule has 37 heavy (non-hydrogen) atoms. The predicted molar refractivity (Wildman–Crippen MR) is 141 cm³/mol. The van der Waals surface area contributed by atoms with Crippen LogP contribution >= 0.6 is 11.6 Å². The number of fused-ring (bicyclic) bond motifs is 3. The maximum absolute atomic E-state index is 13.4. The Kier molecular flexibility index (Phi) is 10.4. The van der Waals surface area contributed by atoms with Gasteiger partial charge >= 0.3 is 5.97 Å². The summed E-state index contributed by atoms with van der Waals surface area (Å²) in [6.45, 7) is 8.54. The molecule has 0 spiro atoms. The number of nitrogens with zero attached hydrogens (tertiary/aromatic N) is 1. The largest absolute Gasteiger partial charge is 0.496 e. The fourth-order valence-electron chi connectivity index (χ4n) is 3.75. The van der Waals surface area contributed by atoms with E-state index in [-0.39, 0.29) is 24.7 Å². The molecule has 1 aromatic heterocycles. The van der Waals surface area contributed by atoms with E-state index in [1.807, 2.05) is 27.7 Å². The Bertz CT molecular complexity index is 1260. The van der Waals surface area contributed by atoms with Crippen molar-refractivity contribution < 1.29 is 33.4 Å². The van der Waals surface area contributed by atoms with Crippen molar-refractivity contribution in [3.63, 3.8) is 0 Å². The van der Waals surface area contributed by atoms with E-state index >= 15 is 0 Å². The van der Waals surface area contributed by atoms with Gasteiger partial charge in [-0.2, -0.15) is 0 Å². The van der Waals surface area contributed by atoms with Crippen LogP contribution in [-0.4, -0.2) is 53.6 Å². The smallest absolute Gasteiger partial charge is 0.323 e. The second-order valence-corrected chi connectivity index (χ2v) is 8.18. The number of methoxy groups -OCH3 is 1. The normalized spacial score (nSPS) is 16.2. The van der Waals surface area contributed by atoms with E-state index < -0.39 is 29.9 Å². The molecule has 0 saturated heterocycles. The number of rotatable bonds is 6. The van der Waals surface area contributed by atoms with Crippen molar-refractivity contribution in [2.45, 2.75) is 46.7 Å². The van der Waals surface area contributed by atoms with Crippen LogP contribution in [-0.2, 0) is 16.1 Å². The van der Waals surface area contributed by atoms with Gasteiger partial charge in [-0.05, 0) is 31.2 Å². The predicted octanol–water partition coefficient (Wildman–Crippen LogP) is 5.14. The summed E-state index contributed by atoms with van der Waals surface area (Å²) in [6.07, 6.45) is 0. The monoisotopic (exact) mass is 532 g/mol. The van der Waals surface area contributed by atoms with Crippen LogP contribution in [0.15, 0.2) is 46.9 Å². The lowest BCUT2D eigenvalue weighted by atomic mass is 9.99. The molecule has 2 amide bonds. The molecule has 1 atom stereocenters. The number of amides is 2. The molecular formula is C27H33ClN2O7. The number of para-hydroxylation sites is 1. The van der Waals surface area contributed by atoms with Gasteiger partial charge in [0.1, 0.15) is 24.5 Å². The third-order valence-corrected chi connectivity index (χ3v) is 5.79. The minimum Gasteiger partial charge on any atom is -0.496 e. The summed E-state index contributed by atoms with van der Waals surface area (Å²) in [5.41, 5.74) is -0.559. The fraction of sp³-hybridized carbons (Fsp3) is 0.370. The topological polar surface area (TPSA) is 118 Å². The van der Waals surface area contributed by atoms with Gasteiger partial charge in [-0.15, -0.1) is 0 Å². The molecule has 0 saturated carbocycles. The quantitative estimate of drug-likeness (QED) is 0.451. The van der Waals surface area contributed by atoms with Crippen molar-refractivity contribution >= 4 is 40.4 Å². The van der Waals surface area contributed by atoms with E-state index in [1.165, 1.54) is 14.0 Å². The molecule has 4 rings (SSSR count). The van der Waals surface area contributed by atoms with Gasteiger partial charge in [0.05, 0.1) is 12.5 Å². The van der Waals surface area contributed by atoms with E-state index in [0.717, 1.165) is 10.5 Å². The Morgan fingerprint density at radius 3 is 2.49 bits per heavy atom. The van der Waals surface area contributed by atoms with Gasteiger partial charge < -0.3 is 29.2 Å². The molecule has 3 aromatic rings. The van der Waals surface area contributed by atoms with Crippen molar-refractivity contribution in [1.29, 1.82) is 0 Å².